The van der Waals surface area contributed by atoms with Crippen molar-refractivity contribution in [2.75, 3.05) is 24.6 Å². The summed E-state index contributed by atoms with van der Waals surface area (Å²) in [5, 5.41) is 22.0. The zero-order valence-electron chi connectivity index (χ0n) is 14.1. The normalized spacial score (nSPS) is 16.5. The highest BCUT2D eigenvalue weighted by Crippen LogP contribution is 2.21. The quantitative estimate of drug-likeness (QED) is 0.779. The van der Waals surface area contributed by atoms with E-state index in [2.05, 4.69) is 10.2 Å². The average Bonchev–Trinajstić information content (AvgIpc) is 2.67. The molecule has 1 aliphatic rings. The van der Waals surface area contributed by atoms with E-state index in [0.717, 1.165) is 37.2 Å². The maximum absolute atomic E-state index is 12.4. The molecule has 1 saturated heterocycles. The highest BCUT2D eigenvalue weighted by molar-refractivity contribution is 5.94. The van der Waals surface area contributed by atoms with Gasteiger partial charge < -0.3 is 20.4 Å². The smallest absolute Gasteiger partial charge is 0.251 e. The number of rotatable bonds is 5. The predicted molar refractivity (Wildman–Crippen MR) is 97.6 cm³/mol. The van der Waals surface area contributed by atoms with Crippen molar-refractivity contribution in [3.05, 3.63) is 65.7 Å². The number of benzene rings is 2. The molecule has 1 atom stereocenters. The zero-order chi connectivity index (χ0) is 17.6. The van der Waals surface area contributed by atoms with Crippen LogP contribution in [0.3, 0.4) is 0 Å². The van der Waals surface area contributed by atoms with Gasteiger partial charge in [-0.25, -0.2) is 0 Å². The van der Waals surface area contributed by atoms with Gasteiger partial charge in [0.05, 0.1) is 18.8 Å². The Balaban J connectivity index is 1.64. The number of hydrogen-bond acceptors (Lipinski definition) is 4. The minimum atomic E-state index is -0.419. The lowest BCUT2D eigenvalue weighted by Crippen LogP contribution is -2.35. The largest absolute Gasteiger partial charge is 0.394 e. The van der Waals surface area contributed by atoms with Gasteiger partial charge in [-0.3, -0.25) is 4.79 Å². The molecular formula is C20H24N2O3. The minimum absolute atomic E-state index is 0.149. The van der Waals surface area contributed by atoms with Crippen molar-refractivity contribution in [2.24, 2.45) is 0 Å². The summed E-state index contributed by atoms with van der Waals surface area (Å²) in [5.74, 6) is -0.205. The maximum Gasteiger partial charge on any atom is 0.251 e. The van der Waals surface area contributed by atoms with E-state index in [1.807, 2.05) is 42.5 Å². The summed E-state index contributed by atoms with van der Waals surface area (Å²) in [7, 11) is 0. The second-order valence-corrected chi connectivity index (χ2v) is 6.38. The third-order valence-corrected chi connectivity index (χ3v) is 4.65. The summed E-state index contributed by atoms with van der Waals surface area (Å²) in [4.78, 5) is 14.7. The highest BCUT2D eigenvalue weighted by Gasteiger charge is 2.18. The van der Waals surface area contributed by atoms with Gasteiger partial charge in [0, 0.05) is 24.3 Å². The lowest BCUT2D eigenvalue weighted by atomic mass is 10.1. The van der Waals surface area contributed by atoms with Crippen LogP contribution >= 0.6 is 0 Å². The SMILES string of the molecule is O=C(NC(CO)c1ccccc1)c1ccc(N2CCC(O)CC2)cc1. The molecule has 5 heteroatoms. The van der Waals surface area contributed by atoms with Crippen LogP contribution in [0.1, 0.15) is 34.8 Å². The fraction of sp³-hybridized carbons (Fsp3) is 0.350. The average molecular weight is 340 g/mol. The van der Waals surface area contributed by atoms with Crippen LogP contribution in [-0.2, 0) is 0 Å². The summed E-state index contributed by atoms with van der Waals surface area (Å²) in [5.41, 5.74) is 2.50. The van der Waals surface area contributed by atoms with Gasteiger partial charge in [0.25, 0.3) is 5.91 Å². The molecule has 0 spiro atoms. The maximum atomic E-state index is 12.4. The third kappa shape index (κ3) is 4.38. The van der Waals surface area contributed by atoms with Crippen molar-refractivity contribution < 1.29 is 15.0 Å². The van der Waals surface area contributed by atoms with E-state index < -0.39 is 6.04 Å². The Kier molecular flexibility index (Phi) is 5.68. The lowest BCUT2D eigenvalue weighted by molar-refractivity contribution is 0.0916. The first-order valence-electron chi connectivity index (χ1n) is 8.67. The number of piperidine rings is 1. The van der Waals surface area contributed by atoms with Gasteiger partial charge in [0.1, 0.15) is 0 Å². The summed E-state index contributed by atoms with van der Waals surface area (Å²) in [6, 6.07) is 16.5. The number of anilines is 1. The van der Waals surface area contributed by atoms with Gasteiger partial charge in [-0.2, -0.15) is 0 Å². The number of carbonyl (C=O) groups is 1. The molecule has 5 nitrogen and oxygen atoms in total. The Morgan fingerprint density at radius 2 is 1.72 bits per heavy atom. The molecular weight excluding hydrogens is 316 g/mol. The number of nitrogens with zero attached hydrogens (tertiary/aromatic N) is 1. The molecule has 1 amide bonds. The van der Waals surface area contributed by atoms with Crippen molar-refractivity contribution in [3.63, 3.8) is 0 Å². The van der Waals surface area contributed by atoms with E-state index in [-0.39, 0.29) is 18.6 Å². The lowest BCUT2D eigenvalue weighted by Gasteiger charge is -2.31. The number of aliphatic hydroxyl groups is 2. The second-order valence-electron chi connectivity index (χ2n) is 6.38. The Morgan fingerprint density at radius 1 is 1.08 bits per heavy atom. The van der Waals surface area contributed by atoms with Crippen LogP contribution in [-0.4, -0.2) is 41.9 Å². The molecule has 1 fully saturated rings. The zero-order valence-corrected chi connectivity index (χ0v) is 14.1. The molecule has 3 N–H and O–H groups in total. The van der Waals surface area contributed by atoms with E-state index in [0.29, 0.717) is 5.56 Å². The molecule has 2 aromatic carbocycles. The van der Waals surface area contributed by atoms with Crippen LogP contribution in [0, 0.1) is 0 Å². The van der Waals surface area contributed by atoms with Crippen LogP contribution in [0.25, 0.3) is 0 Å². The molecule has 0 radical (unpaired) electrons. The number of amides is 1. The fourth-order valence-corrected chi connectivity index (χ4v) is 3.11. The first-order valence-corrected chi connectivity index (χ1v) is 8.67. The highest BCUT2D eigenvalue weighted by atomic mass is 16.3. The minimum Gasteiger partial charge on any atom is -0.394 e. The topological polar surface area (TPSA) is 72.8 Å². The molecule has 132 valence electrons. The third-order valence-electron chi connectivity index (χ3n) is 4.65. The van der Waals surface area contributed by atoms with Gasteiger partial charge in [-0.1, -0.05) is 30.3 Å². The Morgan fingerprint density at radius 3 is 2.32 bits per heavy atom. The Bertz CT molecular complexity index is 680. The van der Waals surface area contributed by atoms with Crippen LogP contribution in [0.15, 0.2) is 54.6 Å². The van der Waals surface area contributed by atoms with Crippen LogP contribution in [0.2, 0.25) is 0 Å². The van der Waals surface area contributed by atoms with Crippen LogP contribution < -0.4 is 10.2 Å². The summed E-state index contributed by atoms with van der Waals surface area (Å²) in [6.07, 6.45) is 1.35. The van der Waals surface area contributed by atoms with E-state index in [1.165, 1.54) is 0 Å². The molecule has 0 aromatic heterocycles. The van der Waals surface area contributed by atoms with Crippen molar-refractivity contribution in [1.29, 1.82) is 0 Å². The number of carbonyl (C=O) groups excluding carboxylic acids is 1. The number of nitrogens with one attached hydrogen (secondary N) is 1. The van der Waals surface area contributed by atoms with E-state index in [9.17, 15) is 15.0 Å². The molecule has 1 unspecified atom stereocenters. The van der Waals surface area contributed by atoms with Crippen molar-refractivity contribution in [3.8, 4) is 0 Å². The predicted octanol–water partition coefficient (Wildman–Crippen LogP) is 2.11. The molecule has 25 heavy (non-hydrogen) atoms. The summed E-state index contributed by atoms with van der Waals surface area (Å²) < 4.78 is 0. The summed E-state index contributed by atoms with van der Waals surface area (Å²) >= 11 is 0. The van der Waals surface area contributed by atoms with Crippen molar-refractivity contribution in [1.82, 2.24) is 5.32 Å². The molecule has 1 heterocycles. The Hall–Kier alpha value is -2.37. The molecule has 2 aromatic rings. The van der Waals surface area contributed by atoms with Crippen LogP contribution in [0.4, 0.5) is 5.69 Å². The molecule has 0 aliphatic carbocycles. The molecule has 0 saturated carbocycles. The number of hydrogen-bond donors (Lipinski definition) is 3. The van der Waals surface area contributed by atoms with Gasteiger partial charge in [-0.15, -0.1) is 0 Å². The first kappa shape index (κ1) is 17.5. The van der Waals surface area contributed by atoms with Gasteiger partial charge in [0.15, 0.2) is 0 Å². The number of aliphatic hydroxyl groups excluding tert-OH is 2. The molecule has 0 bridgehead atoms. The van der Waals surface area contributed by atoms with Crippen LogP contribution in [0.5, 0.6) is 0 Å². The van der Waals surface area contributed by atoms with Gasteiger partial charge in [0.2, 0.25) is 0 Å². The monoisotopic (exact) mass is 340 g/mol. The standard InChI is InChI=1S/C20H24N2O3/c23-14-19(15-4-2-1-3-5-15)21-20(25)16-6-8-17(9-7-16)22-12-10-18(24)11-13-22/h1-9,18-19,23-24H,10-14H2,(H,21,25). The van der Waals surface area contributed by atoms with E-state index >= 15 is 0 Å². The van der Waals surface area contributed by atoms with Crippen molar-refractivity contribution in [2.45, 2.75) is 25.0 Å². The van der Waals surface area contributed by atoms with Crippen molar-refractivity contribution >= 4 is 11.6 Å². The first-order chi connectivity index (χ1) is 12.2. The summed E-state index contributed by atoms with van der Waals surface area (Å²) in [6.45, 7) is 1.50. The molecule has 1 aliphatic heterocycles. The Labute approximate surface area is 147 Å². The van der Waals surface area contributed by atoms with E-state index in [1.54, 1.807) is 12.1 Å². The second kappa shape index (κ2) is 8.14. The van der Waals surface area contributed by atoms with Gasteiger partial charge in [-0.05, 0) is 42.7 Å². The molecule has 3 rings (SSSR count). The van der Waals surface area contributed by atoms with E-state index in [4.69, 9.17) is 0 Å². The van der Waals surface area contributed by atoms with Gasteiger partial charge >= 0.3 is 0 Å². The fourth-order valence-electron chi connectivity index (χ4n) is 3.11.